The van der Waals surface area contributed by atoms with E-state index in [4.69, 9.17) is 0 Å². The molecule has 1 aromatic heterocycles. The number of hydrogen-bond donors (Lipinski definition) is 3. The molecule has 0 radical (unpaired) electrons. The Labute approximate surface area is 137 Å². The molecule has 1 heterocycles. The van der Waals surface area contributed by atoms with Crippen molar-refractivity contribution in [2.45, 2.75) is 64.5 Å². The van der Waals surface area contributed by atoms with E-state index < -0.39 is 5.54 Å². The maximum Gasteiger partial charge on any atom is 0.315 e. The molecule has 1 aliphatic carbocycles. The summed E-state index contributed by atoms with van der Waals surface area (Å²) in [6.45, 7) is 5.08. The van der Waals surface area contributed by atoms with Crippen molar-refractivity contribution in [1.29, 1.82) is 0 Å². The van der Waals surface area contributed by atoms with Crippen molar-refractivity contribution in [1.82, 2.24) is 25.4 Å². The number of carbonyl (C=O) groups excluding carboxylic acids is 1. The van der Waals surface area contributed by atoms with Crippen LogP contribution in [0.1, 0.15) is 51.8 Å². The first kappa shape index (κ1) is 17.7. The van der Waals surface area contributed by atoms with Crippen molar-refractivity contribution in [3.8, 4) is 0 Å². The Morgan fingerprint density at radius 3 is 2.83 bits per heavy atom. The molecule has 0 aromatic carbocycles. The fraction of sp³-hybridized carbons (Fsp3) is 0.812. The number of rotatable bonds is 7. The highest BCUT2D eigenvalue weighted by molar-refractivity contribution is 5.74. The fourth-order valence-corrected chi connectivity index (χ4v) is 3.34. The zero-order valence-electron chi connectivity index (χ0n) is 14.2. The van der Waals surface area contributed by atoms with Gasteiger partial charge < -0.3 is 20.3 Å². The highest BCUT2D eigenvalue weighted by Gasteiger charge is 2.35. The molecule has 130 valence electrons. The van der Waals surface area contributed by atoms with E-state index in [-0.39, 0.29) is 12.6 Å². The predicted molar refractivity (Wildman–Crippen MR) is 88.0 cm³/mol. The lowest BCUT2D eigenvalue weighted by Gasteiger charge is -2.39. The normalized spacial score (nSPS) is 18.4. The number of urea groups is 1. The van der Waals surface area contributed by atoms with Crippen LogP contribution in [0.15, 0.2) is 6.33 Å². The predicted octanol–water partition coefficient (Wildman–Crippen LogP) is 1.47. The Balaban J connectivity index is 1.80. The van der Waals surface area contributed by atoms with E-state index in [1.54, 1.807) is 6.33 Å². The number of aromatic nitrogens is 3. The van der Waals surface area contributed by atoms with Gasteiger partial charge >= 0.3 is 6.03 Å². The van der Waals surface area contributed by atoms with Crippen LogP contribution >= 0.6 is 0 Å². The summed E-state index contributed by atoms with van der Waals surface area (Å²) in [5.74, 6) is 1.26. The Kier molecular flexibility index (Phi) is 6.38. The third-order valence-electron chi connectivity index (χ3n) is 4.88. The molecule has 1 atom stereocenters. The molecular weight excluding hydrogens is 294 g/mol. The Bertz CT molecular complexity index is 498. The van der Waals surface area contributed by atoms with E-state index in [0.29, 0.717) is 19.0 Å². The van der Waals surface area contributed by atoms with E-state index >= 15 is 0 Å². The summed E-state index contributed by atoms with van der Waals surface area (Å²) < 4.78 is 1.94. The lowest BCUT2D eigenvalue weighted by atomic mass is 9.76. The van der Waals surface area contributed by atoms with Gasteiger partial charge in [0.2, 0.25) is 0 Å². The molecule has 7 heteroatoms. The molecule has 1 aromatic rings. The number of nitrogens with zero attached hydrogens (tertiary/aromatic N) is 3. The van der Waals surface area contributed by atoms with Crippen molar-refractivity contribution in [2.24, 2.45) is 5.92 Å². The van der Waals surface area contributed by atoms with Crippen LogP contribution in [0.3, 0.4) is 0 Å². The van der Waals surface area contributed by atoms with Crippen molar-refractivity contribution in [3.05, 3.63) is 12.2 Å². The maximum atomic E-state index is 12.2. The summed E-state index contributed by atoms with van der Waals surface area (Å²) in [6, 6.07) is -0.224. The van der Waals surface area contributed by atoms with Crippen LogP contribution in [0.4, 0.5) is 4.79 Å². The highest BCUT2D eigenvalue weighted by atomic mass is 16.3. The largest absolute Gasteiger partial charge is 0.394 e. The first-order chi connectivity index (χ1) is 11.1. The second kappa shape index (κ2) is 8.29. The van der Waals surface area contributed by atoms with E-state index in [0.717, 1.165) is 25.1 Å². The number of aliphatic hydroxyl groups excluding tert-OH is 1. The van der Waals surface area contributed by atoms with Crippen LogP contribution in [0.2, 0.25) is 0 Å². The van der Waals surface area contributed by atoms with Gasteiger partial charge in [-0.15, -0.1) is 10.2 Å². The van der Waals surface area contributed by atoms with Gasteiger partial charge in [0.05, 0.1) is 12.1 Å². The van der Waals surface area contributed by atoms with Gasteiger partial charge in [0.15, 0.2) is 0 Å². The Morgan fingerprint density at radius 1 is 1.43 bits per heavy atom. The van der Waals surface area contributed by atoms with Gasteiger partial charge in [-0.2, -0.15) is 0 Å². The molecule has 3 N–H and O–H groups in total. The average Bonchev–Trinajstić information content (AvgIpc) is 3.03. The minimum atomic E-state index is -0.546. The number of aliphatic hydroxyl groups is 1. The van der Waals surface area contributed by atoms with Crippen molar-refractivity contribution in [3.63, 3.8) is 0 Å². The van der Waals surface area contributed by atoms with Crippen molar-refractivity contribution < 1.29 is 9.90 Å². The maximum absolute atomic E-state index is 12.2. The van der Waals surface area contributed by atoms with Crippen LogP contribution in [0.5, 0.6) is 0 Å². The van der Waals surface area contributed by atoms with E-state index in [2.05, 4.69) is 20.8 Å². The monoisotopic (exact) mass is 323 g/mol. The quantitative estimate of drug-likeness (QED) is 0.708. The highest BCUT2D eigenvalue weighted by Crippen LogP contribution is 2.32. The number of amides is 2. The Hall–Kier alpha value is -1.63. The SMILES string of the molecule is CCc1nncn1CCNC(=O)NC(C)(CO)C1CCCCC1. The molecule has 1 fully saturated rings. The lowest BCUT2D eigenvalue weighted by Crippen LogP contribution is -2.57. The summed E-state index contributed by atoms with van der Waals surface area (Å²) in [5.41, 5.74) is -0.546. The standard InChI is InChI=1S/C16H29N5O2/c1-3-14-20-18-12-21(14)10-9-17-15(23)19-16(2,11-22)13-7-5-4-6-8-13/h12-13,22H,3-11H2,1-2H3,(H2,17,19,23). The van der Waals surface area contributed by atoms with E-state index in [1.807, 2.05) is 18.4 Å². The van der Waals surface area contributed by atoms with Crippen LogP contribution in [0.25, 0.3) is 0 Å². The molecule has 23 heavy (non-hydrogen) atoms. The van der Waals surface area contributed by atoms with Gasteiger partial charge in [-0.1, -0.05) is 26.2 Å². The van der Waals surface area contributed by atoms with Gasteiger partial charge in [0.1, 0.15) is 12.2 Å². The second-order valence-electron chi connectivity index (χ2n) is 6.59. The molecule has 0 spiro atoms. The van der Waals surface area contributed by atoms with Crippen molar-refractivity contribution >= 4 is 6.03 Å². The molecule has 7 nitrogen and oxygen atoms in total. The molecule has 0 saturated heterocycles. The Morgan fingerprint density at radius 2 is 2.17 bits per heavy atom. The zero-order chi connectivity index (χ0) is 16.7. The first-order valence-corrected chi connectivity index (χ1v) is 8.62. The zero-order valence-corrected chi connectivity index (χ0v) is 14.2. The van der Waals surface area contributed by atoms with Crippen LogP contribution in [-0.4, -0.2) is 44.6 Å². The number of aryl methyl sites for hydroxylation is 1. The fourth-order valence-electron chi connectivity index (χ4n) is 3.34. The van der Waals surface area contributed by atoms with Crippen LogP contribution < -0.4 is 10.6 Å². The summed E-state index contributed by atoms with van der Waals surface area (Å²) >= 11 is 0. The molecule has 0 aliphatic heterocycles. The van der Waals surface area contributed by atoms with Crippen LogP contribution in [-0.2, 0) is 13.0 Å². The summed E-state index contributed by atoms with van der Waals surface area (Å²) in [4.78, 5) is 12.2. The topological polar surface area (TPSA) is 92.1 Å². The van der Waals surface area contributed by atoms with Gasteiger partial charge in [0, 0.05) is 19.5 Å². The molecule has 1 saturated carbocycles. The van der Waals surface area contributed by atoms with Crippen molar-refractivity contribution in [2.75, 3.05) is 13.2 Å². The molecule has 2 amide bonds. The van der Waals surface area contributed by atoms with Gasteiger partial charge in [-0.25, -0.2) is 4.79 Å². The first-order valence-electron chi connectivity index (χ1n) is 8.62. The molecule has 1 unspecified atom stereocenters. The molecule has 0 bridgehead atoms. The third kappa shape index (κ3) is 4.67. The molecule has 1 aliphatic rings. The summed E-state index contributed by atoms with van der Waals surface area (Å²) in [5, 5.41) is 23.5. The molecule has 2 rings (SSSR count). The van der Waals surface area contributed by atoms with Crippen LogP contribution in [0, 0.1) is 5.92 Å². The van der Waals surface area contributed by atoms with Gasteiger partial charge in [0.25, 0.3) is 0 Å². The van der Waals surface area contributed by atoms with E-state index in [1.165, 1.54) is 19.3 Å². The number of carbonyl (C=O) groups is 1. The minimum absolute atomic E-state index is 0.0312. The lowest BCUT2D eigenvalue weighted by molar-refractivity contribution is 0.101. The minimum Gasteiger partial charge on any atom is -0.394 e. The second-order valence-corrected chi connectivity index (χ2v) is 6.59. The average molecular weight is 323 g/mol. The number of hydrogen-bond acceptors (Lipinski definition) is 4. The van der Waals surface area contributed by atoms with E-state index in [9.17, 15) is 9.90 Å². The molecular formula is C16H29N5O2. The smallest absolute Gasteiger partial charge is 0.315 e. The summed E-state index contributed by atoms with van der Waals surface area (Å²) in [7, 11) is 0. The third-order valence-corrected chi connectivity index (χ3v) is 4.88. The van der Waals surface area contributed by atoms with Gasteiger partial charge in [-0.05, 0) is 25.7 Å². The summed E-state index contributed by atoms with van der Waals surface area (Å²) in [6.07, 6.45) is 8.24. The number of nitrogens with one attached hydrogen (secondary N) is 2. The van der Waals surface area contributed by atoms with Gasteiger partial charge in [-0.3, -0.25) is 0 Å².